The molecule has 20 heteroatoms. The Morgan fingerprint density at radius 2 is 0.925 bits per heavy atom. The Hall–Kier alpha value is -3.62. The maximum Gasteiger partial charge on any atom is 0.322 e. The van der Waals surface area contributed by atoms with Crippen LogP contribution in [0.15, 0.2) is 0 Å². The third-order valence-corrected chi connectivity index (χ3v) is 7.11. The van der Waals surface area contributed by atoms with Gasteiger partial charge in [-0.05, 0) is 12.8 Å². The van der Waals surface area contributed by atoms with Crippen LogP contribution in [0.4, 0.5) is 0 Å². The maximum absolute atomic E-state index is 12.4. The van der Waals surface area contributed by atoms with Crippen LogP contribution in [0.1, 0.15) is 25.7 Å². The Labute approximate surface area is 235 Å². The molecule has 0 spiro atoms. The third kappa shape index (κ3) is 17.1. The van der Waals surface area contributed by atoms with Crippen molar-refractivity contribution in [2.24, 2.45) is 11.5 Å². The van der Waals surface area contributed by atoms with Gasteiger partial charge in [0.15, 0.2) is 0 Å². The molecule has 0 fully saturated rings. The average molecular weight is 613 g/mol. The highest BCUT2D eigenvalue weighted by atomic mass is 33.1. The lowest BCUT2D eigenvalue weighted by atomic mass is 10.1. The van der Waals surface area contributed by atoms with Crippen LogP contribution < -0.4 is 32.7 Å². The number of nitrogens with one attached hydrogen (secondary N) is 4. The summed E-state index contributed by atoms with van der Waals surface area (Å²) in [5, 5.41) is 44.1. The molecule has 0 radical (unpaired) electrons. The van der Waals surface area contributed by atoms with Crippen LogP contribution in [-0.4, -0.2) is 117 Å². The molecule has 226 valence electrons. The van der Waals surface area contributed by atoms with Crippen LogP contribution >= 0.6 is 21.6 Å². The Morgan fingerprint density at radius 3 is 1.20 bits per heavy atom. The number of carbonyl (C=O) groups excluding carboxylic acids is 4. The molecule has 0 aromatic heterocycles. The number of carboxylic acids is 4. The number of hydrogen-bond acceptors (Lipinski definition) is 12. The average Bonchev–Trinajstić information content (AvgIpc) is 2.87. The van der Waals surface area contributed by atoms with Gasteiger partial charge in [0.25, 0.3) is 0 Å². The fourth-order valence-electron chi connectivity index (χ4n) is 2.52. The largest absolute Gasteiger partial charge is 0.480 e. The van der Waals surface area contributed by atoms with E-state index in [0.29, 0.717) is 0 Å². The van der Waals surface area contributed by atoms with Crippen molar-refractivity contribution in [3.05, 3.63) is 0 Å². The van der Waals surface area contributed by atoms with Gasteiger partial charge in [0.05, 0.1) is 0 Å². The quantitative estimate of drug-likeness (QED) is 0.0437. The number of carboxylic acid groups (broad SMARTS) is 4. The lowest BCUT2D eigenvalue weighted by Crippen LogP contribution is -2.50. The van der Waals surface area contributed by atoms with E-state index in [1.807, 2.05) is 0 Å². The second kappa shape index (κ2) is 19.4. The second-order valence-corrected chi connectivity index (χ2v) is 10.6. The molecule has 2 unspecified atom stereocenters. The van der Waals surface area contributed by atoms with Gasteiger partial charge in [-0.1, -0.05) is 21.6 Å². The van der Waals surface area contributed by atoms with E-state index in [0.717, 1.165) is 21.6 Å². The van der Waals surface area contributed by atoms with Gasteiger partial charge in [-0.15, -0.1) is 0 Å². The summed E-state index contributed by atoms with van der Waals surface area (Å²) in [6.07, 6.45) is -1.12. The molecule has 0 bridgehead atoms. The van der Waals surface area contributed by atoms with E-state index < -0.39 is 84.8 Å². The molecule has 0 aliphatic carbocycles. The Balaban J connectivity index is 5.18. The SMILES string of the molecule is NC(CCC(=O)N[C@@H](CSSCC(NC(=O)CC[C@H](N)C(=O)O)C(=O)NCC(=O)O)C(=O)NCC(=O)O)C(=O)O. The molecule has 0 saturated heterocycles. The highest BCUT2D eigenvalue weighted by Gasteiger charge is 2.25. The fraction of sp³-hybridized carbons (Fsp3) is 0.600. The number of hydrogen-bond donors (Lipinski definition) is 10. The molecule has 0 aliphatic rings. The van der Waals surface area contributed by atoms with Gasteiger partial charge in [0, 0.05) is 24.3 Å². The topological polar surface area (TPSA) is 318 Å². The van der Waals surface area contributed by atoms with Crippen molar-refractivity contribution in [3.8, 4) is 0 Å². The number of carbonyl (C=O) groups is 8. The zero-order valence-corrected chi connectivity index (χ0v) is 22.6. The van der Waals surface area contributed by atoms with Crippen LogP contribution in [0.25, 0.3) is 0 Å². The Bertz CT molecular complexity index is 879. The van der Waals surface area contributed by atoms with Gasteiger partial charge in [0.1, 0.15) is 37.3 Å². The molecule has 0 rings (SSSR count). The predicted molar refractivity (Wildman–Crippen MR) is 140 cm³/mol. The van der Waals surface area contributed by atoms with E-state index in [1.165, 1.54) is 0 Å². The first-order valence-corrected chi connectivity index (χ1v) is 13.9. The summed E-state index contributed by atoms with van der Waals surface area (Å²) in [7, 11) is 1.89. The monoisotopic (exact) mass is 612 g/mol. The molecule has 40 heavy (non-hydrogen) atoms. The molecule has 4 atom stereocenters. The van der Waals surface area contributed by atoms with Crippen LogP contribution in [0.5, 0.6) is 0 Å². The summed E-state index contributed by atoms with van der Waals surface area (Å²) in [5.74, 6) is -8.81. The number of aliphatic carboxylic acids is 4. The van der Waals surface area contributed by atoms with E-state index >= 15 is 0 Å². The molecule has 0 heterocycles. The fourth-order valence-corrected chi connectivity index (χ4v) is 4.85. The predicted octanol–water partition coefficient (Wildman–Crippen LogP) is -3.88. The van der Waals surface area contributed by atoms with Gasteiger partial charge >= 0.3 is 23.9 Å². The minimum atomic E-state index is -1.34. The van der Waals surface area contributed by atoms with Gasteiger partial charge < -0.3 is 53.2 Å². The van der Waals surface area contributed by atoms with Crippen molar-refractivity contribution in [2.45, 2.75) is 49.9 Å². The van der Waals surface area contributed by atoms with E-state index in [4.69, 9.17) is 31.9 Å². The standard InChI is InChI=1S/C20H32N6O12S2/c21-9(19(35)36)1-3-13(27)25-11(17(33)23-5-15(29)30)7-39-40-8-12(18(34)24-6-16(31)32)26-14(28)4-2-10(22)20(37)38/h9-12H,1-8,21-22H2,(H,23,33)(H,24,34)(H,25,27)(H,26,28)(H,29,30)(H,31,32)(H,35,36)(H,37,38)/t9-,10?,11?,12-/m0/s1. The zero-order valence-electron chi connectivity index (χ0n) is 21.0. The molecule has 18 nitrogen and oxygen atoms in total. The summed E-state index contributed by atoms with van der Waals surface area (Å²) in [5.41, 5.74) is 10.7. The number of rotatable bonds is 21. The van der Waals surface area contributed by atoms with Crippen LogP contribution in [0.2, 0.25) is 0 Å². The lowest BCUT2D eigenvalue weighted by molar-refractivity contribution is -0.140. The third-order valence-electron chi connectivity index (χ3n) is 4.68. The molecule has 12 N–H and O–H groups in total. The number of nitrogens with two attached hydrogens (primary N) is 2. The normalized spacial score (nSPS) is 13.6. The Morgan fingerprint density at radius 1 is 0.600 bits per heavy atom. The lowest BCUT2D eigenvalue weighted by Gasteiger charge is -2.20. The molecular weight excluding hydrogens is 580 g/mol. The van der Waals surface area contributed by atoms with E-state index in [-0.39, 0.29) is 37.2 Å². The minimum absolute atomic E-state index is 0.155. The molecule has 4 amide bonds. The van der Waals surface area contributed by atoms with Crippen LogP contribution in [0, 0.1) is 0 Å². The first-order valence-electron chi connectivity index (χ1n) is 11.4. The molecule has 0 aliphatic heterocycles. The van der Waals surface area contributed by atoms with Crippen molar-refractivity contribution in [1.29, 1.82) is 0 Å². The molecule has 0 saturated carbocycles. The first-order chi connectivity index (χ1) is 18.6. The Kier molecular flexibility index (Phi) is 17.7. The van der Waals surface area contributed by atoms with E-state index in [1.54, 1.807) is 0 Å². The van der Waals surface area contributed by atoms with E-state index in [2.05, 4.69) is 21.3 Å². The van der Waals surface area contributed by atoms with Crippen molar-refractivity contribution in [1.82, 2.24) is 21.3 Å². The van der Waals surface area contributed by atoms with Crippen LogP contribution in [0.3, 0.4) is 0 Å². The molecule has 0 aromatic rings. The summed E-state index contributed by atoms with van der Waals surface area (Å²) in [6.45, 7) is -1.48. The second-order valence-electron chi connectivity index (χ2n) is 8.00. The first kappa shape index (κ1) is 36.4. The smallest absolute Gasteiger partial charge is 0.322 e. The van der Waals surface area contributed by atoms with Gasteiger partial charge in [-0.3, -0.25) is 38.4 Å². The molecular formula is C20H32N6O12S2. The zero-order chi connectivity index (χ0) is 30.8. The van der Waals surface area contributed by atoms with Crippen molar-refractivity contribution in [3.63, 3.8) is 0 Å². The van der Waals surface area contributed by atoms with Crippen molar-refractivity contribution < 1.29 is 58.8 Å². The van der Waals surface area contributed by atoms with Crippen molar-refractivity contribution in [2.75, 3.05) is 24.6 Å². The van der Waals surface area contributed by atoms with Crippen molar-refractivity contribution >= 4 is 69.1 Å². The minimum Gasteiger partial charge on any atom is -0.480 e. The maximum atomic E-state index is 12.4. The van der Waals surface area contributed by atoms with Gasteiger partial charge in [0.2, 0.25) is 23.6 Å². The van der Waals surface area contributed by atoms with Crippen LogP contribution in [-0.2, 0) is 38.4 Å². The van der Waals surface area contributed by atoms with E-state index in [9.17, 15) is 38.4 Å². The molecule has 0 aromatic carbocycles. The van der Waals surface area contributed by atoms with Gasteiger partial charge in [-0.2, -0.15) is 0 Å². The highest BCUT2D eigenvalue weighted by molar-refractivity contribution is 8.76. The van der Waals surface area contributed by atoms with Gasteiger partial charge in [-0.25, -0.2) is 0 Å². The number of amides is 4. The summed E-state index contributed by atoms with van der Waals surface area (Å²) < 4.78 is 0. The summed E-state index contributed by atoms with van der Waals surface area (Å²) in [6, 6.07) is -5.16. The highest BCUT2D eigenvalue weighted by Crippen LogP contribution is 2.23. The summed E-state index contributed by atoms with van der Waals surface area (Å²) in [4.78, 5) is 92.3. The summed E-state index contributed by atoms with van der Waals surface area (Å²) >= 11 is 0.